The molecule has 1 aromatic carbocycles. The van der Waals surface area contributed by atoms with Gasteiger partial charge in [0.1, 0.15) is 11.6 Å². The standard InChI is InChI=1S/C13H15BrFN3O/c1-9-3-4-10(15)7-11(9)13-17-16-12(8-14)18(13)5-6-19-2/h3-4,7H,5-6,8H2,1-2H3. The Labute approximate surface area is 119 Å². The largest absolute Gasteiger partial charge is 0.383 e. The first-order valence-electron chi connectivity index (χ1n) is 5.91. The molecular formula is C13H15BrFN3O. The van der Waals surface area contributed by atoms with Gasteiger partial charge in [0.05, 0.1) is 11.9 Å². The van der Waals surface area contributed by atoms with Crippen molar-refractivity contribution in [3.63, 3.8) is 0 Å². The van der Waals surface area contributed by atoms with Gasteiger partial charge >= 0.3 is 0 Å². The molecule has 2 rings (SSSR count). The number of aromatic nitrogens is 3. The molecule has 0 aliphatic heterocycles. The van der Waals surface area contributed by atoms with Crippen LogP contribution in [-0.4, -0.2) is 28.5 Å². The maximum absolute atomic E-state index is 13.4. The van der Waals surface area contributed by atoms with E-state index in [1.54, 1.807) is 13.2 Å². The zero-order valence-corrected chi connectivity index (χ0v) is 12.4. The van der Waals surface area contributed by atoms with Crippen LogP contribution in [0.3, 0.4) is 0 Å². The Balaban J connectivity index is 2.49. The molecule has 6 heteroatoms. The second-order valence-electron chi connectivity index (χ2n) is 4.18. The first-order valence-corrected chi connectivity index (χ1v) is 7.03. The molecule has 0 amide bonds. The van der Waals surface area contributed by atoms with Gasteiger partial charge in [0.25, 0.3) is 0 Å². The second-order valence-corrected chi connectivity index (χ2v) is 4.74. The highest BCUT2D eigenvalue weighted by molar-refractivity contribution is 9.08. The Kier molecular flexibility index (Phi) is 4.66. The molecule has 0 saturated carbocycles. The van der Waals surface area contributed by atoms with Gasteiger partial charge in [-0.1, -0.05) is 22.0 Å². The van der Waals surface area contributed by atoms with Crippen LogP contribution in [0.1, 0.15) is 11.4 Å². The molecule has 0 atom stereocenters. The molecule has 0 aliphatic carbocycles. The summed E-state index contributed by atoms with van der Waals surface area (Å²) in [5, 5.41) is 8.89. The van der Waals surface area contributed by atoms with Crippen molar-refractivity contribution in [3.05, 3.63) is 35.4 Å². The van der Waals surface area contributed by atoms with Gasteiger partial charge in [-0.05, 0) is 24.6 Å². The smallest absolute Gasteiger partial charge is 0.164 e. The first-order chi connectivity index (χ1) is 9.17. The molecule has 1 heterocycles. The highest BCUT2D eigenvalue weighted by atomic mass is 79.9. The molecule has 0 bridgehead atoms. The third kappa shape index (κ3) is 3.01. The number of benzene rings is 1. The van der Waals surface area contributed by atoms with Crippen LogP contribution in [0, 0.1) is 12.7 Å². The number of methoxy groups -OCH3 is 1. The minimum Gasteiger partial charge on any atom is -0.383 e. The maximum Gasteiger partial charge on any atom is 0.164 e. The van der Waals surface area contributed by atoms with E-state index >= 15 is 0 Å². The number of halogens is 2. The van der Waals surface area contributed by atoms with Crippen LogP contribution < -0.4 is 0 Å². The zero-order chi connectivity index (χ0) is 13.8. The molecule has 0 unspecified atom stereocenters. The summed E-state index contributed by atoms with van der Waals surface area (Å²) < 4.78 is 20.5. The van der Waals surface area contributed by atoms with Crippen molar-refractivity contribution < 1.29 is 9.13 Å². The molecule has 2 aromatic rings. The van der Waals surface area contributed by atoms with Crippen molar-refractivity contribution >= 4 is 15.9 Å². The summed E-state index contributed by atoms with van der Waals surface area (Å²) in [6.45, 7) is 3.12. The number of ether oxygens (including phenoxy) is 1. The third-order valence-corrected chi connectivity index (χ3v) is 3.41. The van der Waals surface area contributed by atoms with Gasteiger partial charge in [0.15, 0.2) is 5.82 Å². The second kappa shape index (κ2) is 6.25. The van der Waals surface area contributed by atoms with Crippen LogP contribution in [0.15, 0.2) is 18.2 Å². The molecule has 102 valence electrons. The number of hydrogen-bond donors (Lipinski definition) is 0. The SMILES string of the molecule is COCCn1c(CBr)nnc1-c1cc(F)ccc1C. The van der Waals surface area contributed by atoms with Crippen molar-refractivity contribution in [3.8, 4) is 11.4 Å². The van der Waals surface area contributed by atoms with Crippen molar-refractivity contribution in [1.29, 1.82) is 0 Å². The van der Waals surface area contributed by atoms with E-state index < -0.39 is 0 Å². The van der Waals surface area contributed by atoms with E-state index in [1.807, 2.05) is 11.5 Å². The summed E-state index contributed by atoms with van der Waals surface area (Å²) in [7, 11) is 1.64. The summed E-state index contributed by atoms with van der Waals surface area (Å²) in [4.78, 5) is 0. The van der Waals surface area contributed by atoms with E-state index in [1.165, 1.54) is 12.1 Å². The third-order valence-electron chi connectivity index (χ3n) is 2.91. The molecule has 0 N–H and O–H groups in total. The van der Waals surface area contributed by atoms with Gasteiger partial charge in [0.2, 0.25) is 0 Å². The van der Waals surface area contributed by atoms with E-state index in [0.717, 1.165) is 17.0 Å². The molecule has 0 radical (unpaired) electrons. The monoisotopic (exact) mass is 327 g/mol. The lowest BCUT2D eigenvalue weighted by molar-refractivity contribution is 0.187. The lowest BCUT2D eigenvalue weighted by Crippen LogP contribution is -2.09. The number of rotatable bonds is 5. The van der Waals surface area contributed by atoms with Gasteiger partial charge in [-0.3, -0.25) is 0 Å². The fourth-order valence-corrected chi connectivity index (χ4v) is 2.30. The highest BCUT2D eigenvalue weighted by Gasteiger charge is 2.15. The lowest BCUT2D eigenvalue weighted by Gasteiger charge is -2.10. The minimum atomic E-state index is -0.276. The van der Waals surface area contributed by atoms with Crippen molar-refractivity contribution in [1.82, 2.24) is 14.8 Å². The predicted molar refractivity (Wildman–Crippen MR) is 74.7 cm³/mol. The summed E-state index contributed by atoms with van der Waals surface area (Å²) in [6, 6.07) is 4.68. The van der Waals surface area contributed by atoms with Gasteiger partial charge in [-0.2, -0.15) is 0 Å². The molecular weight excluding hydrogens is 313 g/mol. The van der Waals surface area contributed by atoms with Crippen LogP contribution in [0.5, 0.6) is 0 Å². The summed E-state index contributed by atoms with van der Waals surface area (Å²) >= 11 is 3.38. The first kappa shape index (κ1) is 14.1. The van der Waals surface area contributed by atoms with Gasteiger partial charge in [-0.15, -0.1) is 10.2 Å². The molecule has 0 aliphatic rings. The molecule has 1 aromatic heterocycles. The molecule has 0 spiro atoms. The number of hydrogen-bond acceptors (Lipinski definition) is 3. The predicted octanol–water partition coefficient (Wildman–Crippen LogP) is 2.93. The molecule has 4 nitrogen and oxygen atoms in total. The molecule has 0 saturated heterocycles. The average Bonchev–Trinajstić information content (AvgIpc) is 2.81. The number of aryl methyl sites for hydroxylation is 1. The van der Waals surface area contributed by atoms with Crippen LogP contribution in [-0.2, 0) is 16.6 Å². The minimum absolute atomic E-state index is 0.276. The zero-order valence-electron chi connectivity index (χ0n) is 10.9. The van der Waals surface area contributed by atoms with E-state index in [-0.39, 0.29) is 5.82 Å². The van der Waals surface area contributed by atoms with Crippen LogP contribution in [0.25, 0.3) is 11.4 Å². The number of alkyl halides is 1. The maximum atomic E-state index is 13.4. The van der Waals surface area contributed by atoms with Crippen LogP contribution in [0.2, 0.25) is 0 Å². The normalized spacial score (nSPS) is 10.9. The average molecular weight is 328 g/mol. The van der Waals surface area contributed by atoms with E-state index in [2.05, 4.69) is 26.1 Å². The Morgan fingerprint density at radius 2 is 2.16 bits per heavy atom. The summed E-state index contributed by atoms with van der Waals surface area (Å²) in [5.74, 6) is 1.20. The number of nitrogens with zero attached hydrogens (tertiary/aromatic N) is 3. The Hall–Kier alpha value is -1.27. The van der Waals surface area contributed by atoms with Crippen LogP contribution in [0.4, 0.5) is 4.39 Å². The Bertz CT molecular complexity index is 571. The Morgan fingerprint density at radius 1 is 1.37 bits per heavy atom. The van der Waals surface area contributed by atoms with Gasteiger partial charge < -0.3 is 9.30 Å². The van der Waals surface area contributed by atoms with Crippen molar-refractivity contribution in [2.75, 3.05) is 13.7 Å². The van der Waals surface area contributed by atoms with Crippen molar-refractivity contribution in [2.45, 2.75) is 18.8 Å². The van der Waals surface area contributed by atoms with E-state index in [4.69, 9.17) is 4.74 Å². The quantitative estimate of drug-likeness (QED) is 0.793. The Morgan fingerprint density at radius 3 is 2.84 bits per heavy atom. The fraction of sp³-hybridized carbons (Fsp3) is 0.385. The summed E-state index contributed by atoms with van der Waals surface area (Å²) in [6.07, 6.45) is 0. The van der Waals surface area contributed by atoms with E-state index in [9.17, 15) is 4.39 Å². The van der Waals surface area contributed by atoms with Crippen LogP contribution >= 0.6 is 15.9 Å². The molecule has 0 fully saturated rings. The van der Waals surface area contributed by atoms with Gasteiger partial charge in [-0.25, -0.2) is 4.39 Å². The topological polar surface area (TPSA) is 39.9 Å². The fourth-order valence-electron chi connectivity index (χ4n) is 1.89. The lowest BCUT2D eigenvalue weighted by atomic mass is 10.1. The summed E-state index contributed by atoms with van der Waals surface area (Å²) in [5.41, 5.74) is 1.73. The highest BCUT2D eigenvalue weighted by Crippen LogP contribution is 2.24. The van der Waals surface area contributed by atoms with Gasteiger partial charge in [0, 0.05) is 19.2 Å². The molecule has 19 heavy (non-hydrogen) atoms. The van der Waals surface area contributed by atoms with E-state index in [0.29, 0.717) is 24.3 Å². The van der Waals surface area contributed by atoms with Crippen molar-refractivity contribution in [2.24, 2.45) is 0 Å².